The molecular weight excluding hydrogens is 309 g/mol. The van der Waals surface area contributed by atoms with Crippen molar-refractivity contribution in [3.05, 3.63) is 29.2 Å². The van der Waals surface area contributed by atoms with E-state index in [1.165, 1.54) is 13.0 Å². The third kappa shape index (κ3) is 3.30. The maximum absolute atomic E-state index is 13.1. The number of likely N-dealkylation sites (tertiary alicyclic amines) is 1. The minimum atomic E-state index is -4.52. The first kappa shape index (κ1) is 15.8. The Morgan fingerprint density at radius 2 is 1.91 bits per heavy atom. The van der Waals surface area contributed by atoms with E-state index in [9.17, 15) is 18.0 Å². The number of hydrogen-bond donors (Lipinski definition) is 0. The first-order valence-corrected chi connectivity index (χ1v) is 7.56. The summed E-state index contributed by atoms with van der Waals surface area (Å²) >= 11 is 0. The highest BCUT2D eigenvalue weighted by molar-refractivity contribution is 5.78. The smallest absolute Gasteiger partial charge is 0.342 e. The first-order valence-electron chi connectivity index (χ1n) is 7.56. The van der Waals surface area contributed by atoms with Gasteiger partial charge in [0.2, 0.25) is 5.91 Å². The summed E-state index contributed by atoms with van der Waals surface area (Å²) in [6, 6.07) is 2.40. The molecule has 0 unspecified atom stereocenters. The highest BCUT2D eigenvalue weighted by Crippen LogP contribution is 2.29. The molecule has 3 rings (SSSR count). The molecule has 0 aliphatic carbocycles. The molecule has 0 spiro atoms. The number of carbonyl (C=O) groups excluding carboxylic acids is 1. The van der Waals surface area contributed by atoms with Gasteiger partial charge in [0.25, 0.3) is 0 Å². The molecule has 1 fully saturated rings. The molecule has 1 saturated heterocycles. The van der Waals surface area contributed by atoms with Crippen LogP contribution in [0.15, 0.2) is 12.1 Å². The average molecular weight is 326 g/mol. The maximum atomic E-state index is 13.1. The van der Waals surface area contributed by atoms with Gasteiger partial charge in [-0.05, 0) is 32.3 Å². The van der Waals surface area contributed by atoms with Gasteiger partial charge in [0.1, 0.15) is 5.69 Å². The molecule has 1 amide bonds. The molecule has 124 valence electrons. The molecule has 2 aromatic rings. The number of piperidine rings is 1. The van der Waals surface area contributed by atoms with Gasteiger partial charge in [-0.2, -0.15) is 18.3 Å². The zero-order chi connectivity index (χ0) is 16.6. The molecule has 8 heteroatoms. The maximum Gasteiger partial charge on any atom is 0.433 e. The standard InChI is InChI=1S/C15H17F3N4O/c1-10-7-12(15(16,17)18)22-13(19-10)8-11(20-22)9-14(23)21-5-3-2-4-6-21/h7-8H,2-6,9H2,1H3. The normalized spacial score (nSPS) is 16.1. The molecule has 0 bridgehead atoms. The highest BCUT2D eigenvalue weighted by Gasteiger charge is 2.35. The van der Waals surface area contributed by atoms with E-state index < -0.39 is 11.9 Å². The Hall–Kier alpha value is -2.12. The highest BCUT2D eigenvalue weighted by atomic mass is 19.4. The molecule has 0 atom stereocenters. The summed E-state index contributed by atoms with van der Waals surface area (Å²) in [6.07, 6.45) is -1.48. The summed E-state index contributed by atoms with van der Waals surface area (Å²) < 4.78 is 40.1. The van der Waals surface area contributed by atoms with Gasteiger partial charge in [-0.25, -0.2) is 9.50 Å². The van der Waals surface area contributed by atoms with Crippen molar-refractivity contribution in [3.8, 4) is 0 Å². The van der Waals surface area contributed by atoms with E-state index in [0.29, 0.717) is 18.8 Å². The summed E-state index contributed by atoms with van der Waals surface area (Å²) in [4.78, 5) is 18.0. The molecular formula is C15H17F3N4O. The number of carbonyl (C=O) groups is 1. The third-order valence-corrected chi connectivity index (χ3v) is 3.94. The van der Waals surface area contributed by atoms with Crippen molar-refractivity contribution in [1.82, 2.24) is 19.5 Å². The van der Waals surface area contributed by atoms with Crippen molar-refractivity contribution < 1.29 is 18.0 Å². The SMILES string of the molecule is Cc1cc(C(F)(F)F)n2nc(CC(=O)N3CCCCC3)cc2n1. The van der Waals surface area contributed by atoms with E-state index >= 15 is 0 Å². The topological polar surface area (TPSA) is 50.5 Å². The molecule has 1 aliphatic heterocycles. The van der Waals surface area contributed by atoms with E-state index in [1.807, 2.05) is 0 Å². The van der Waals surface area contributed by atoms with E-state index in [2.05, 4.69) is 10.1 Å². The average Bonchev–Trinajstić information content (AvgIpc) is 2.88. The molecule has 23 heavy (non-hydrogen) atoms. The van der Waals surface area contributed by atoms with Gasteiger partial charge in [-0.3, -0.25) is 4.79 Å². The van der Waals surface area contributed by atoms with E-state index in [4.69, 9.17) is 0 Å². The predicted octanol–water partition coefficient (Wildman–Crippen LogP) is 2.61. The first-order chi connectivity index (χ1) is 10.8. The summed E-state index contributed by atoms with van der Waals surface area (Å²) in [5, 5.41) is 3.94. The molecule has 0 saturated carbocycles. The van der Waals surface area contributed by atoms with Crippen LogP contribution in [0.2, 0.25) is 0 Å². The van der Waals surface area contributed by atoms with Gasteiger partial charge < -0.3 is 4.90 Å². The molecule has 5 nitrogen and oxygen atoms in total. The number of alkyl halides is 3. The van der Waals surface area contributed by atoms with Crippen LogP contribution < -0.4 is 0 Å². The molecule has 0 N–H and O–H groups in total. The van der Waals surface area contributed by atoms with Crippen LogP contribution in [-0.2, 0) is 17.4 Å². The molecule has 0 aromatic carbocycles. The summed E-state index contributed by atoms with van der Waals surface area (Å²) in [5.74, 6) is -0.0987. The summed E-state index contributed by atoms with van der Waals surface area (Å²) in [6.45, 7) is 2.91. The van der Waals surface area contributed by atoms with Crippen LogP contribution >= 0.6 is 0 Å². The lowest BCUT2D eigenvalue weighted by Gasteiger charge is -2.26. The van der Waals surface area contributed by atoms with Crippen molar-refractivity contribution in [2.24, 2.45) is 0 Å². The van der Waals surface area contributed by atoms with Crippen LogP contribution in [0.3, 0.4) is 0 Å². The Balaban J connectivity index is 1.89. The number of amides is 1. The number of aromatic nitrogens is 3. The van der Waals surface area contributed by atoms with Gasteiger partial charge in [0.05, 0.1) is 12.1 Å². The van der Waals surface area contributed by atoms with Crippen LogP contribution in [0.1, 0.15) is 36.3 Å². The van der Waals surface area contributed by atoms with Crippen LogP contribution in [0.4, 0.5) is 13.2 Å². The minimum absolute atomic E-state index is 0.000293. The fourth-order valence-electron chi connectivity index (χ4n) is 2.85. The van der Waals surface area contributed by atoms with Crippen molar-refractivity contribution in [2.75, 3.05) is 13.1 Å². The Morgan fingerprint density at radius 1 is 1.22 bits per heavy atom. The number of hydrogen-bond acceptors (Lipinski definition) is 3. The second-order valence-electron chi connectivity index (χ2n) is 5.80. The number of nitrogens with zero attached hydrogens (tertiary/aromatic N) is 4. The summed E-state index contributed by atoms with van der Waals surface area (Å²) in [7, 11) is 0. The second kappa shape index (κ2) is 5.82. The number of halogens is 3. The number of fused-ring (bicyclic) bond motifs is 1. The Bertz CT molecular complexity index is 732. The van der Waals surface area contributed by atoms with Gasteiger partial charge in [0.15, 0.2) is 5.65 Å². The predicted molar refractivity (Wildman–Crippen MR) is 76.9 cm³/mol. The van der Waals surface area contributed by atoms with Gasteiger partial charge in [-0.1, -0.05) is 0 Å². The van der Waals surface area contributed by atoms with E-state index in [1.54, 1.807) is 4.90 Å². The molecule has 3 heterocycles. The molecule has 1 aliphatic rings. The third-order valence-electron chi connectivity index (χ3n) is 3.94. The lowest BCUT2D eigenvalue weighted by Crippen LogP contribution is -2.36. The largest absolute Gasteiger partial charge is 0.433 e. The molecule has 2 aromatic heterocycles. The Kier molecular flexibility index (Phi) is 3.99. The number of aryl methyl sites for hydroxylation is 1. The van der Waals surface area contributed by atoms with Crippen molar-refractivity contribution in [1.29, 1.82) is 0 Å². The van der Waals surface area contributed by atoms with Crippen LogP contribution in [0, 0.1) is 6.92 Å². The zero-order valence-electron chi connectivity index (χ0n) is 12.7. The van der Waals surface area contributed by atoms with Gasteiger partial charge in [-0.15, -0.1) is 0 Å². The van der Waals surface area contributed by atoms with Gasteiger partial charge >= 0.3 is 6.18 Å². The van der Waals surface area contributed by atoms with E-state index in [0.717, 1.165) is 29.8 Å². The summed E-state index contributed by atoms with van der Waals surface area (Å²) in [5.41, 5.74) is -0.196. The Morgan fingerprint density at radius 3 is 2.57 bits per heavy atom. The number of rotatable bonds is 2. The molecule has 0 radical (unpaired) electrons. The van der Waals surface area contributed by atoms with Gasteiger partial charge in [0, 0.05) is 24.8 Å². The monoisotopic (exact) mass is 326 g/mol. The Labute approximate surface area is 131 Å². The van der Waals surface area contributed by atoms with Crippen LogP contribution in [0.25, 0.3) is 5.65 Å². The van der Waals surface area contributed by atoms with Crippen molar-refractivity contribution in [2.45, 2.75) is 38.8 Å². The quantitative estimate of drug-likeness (QED) is 0.852. The van der Waals surface area contributed by atoms with Crippen LogP contribution in [0.5, 0.6) is 0 Å². The lowest BCUT2D eigenvalue weighted by atomic mass is 10.1. The van der Waals surface area contributed by atoms with Crippen LogP contribution in [-0.4, -0.2) is 38.5 Å². The van der Waals surface area contributed by atoms with Crippen molar-refractivity contribution in [3.63, 3.8) is 0 Å². The second-order valence-corrected chi connectivity index (χ2v) is 5.80. The minimum Gasteiger partial charge on any atom is -0.342 e. The lowest BCUT2D eigenvalue weighted by molar-refractivity contribution is -0.142. The fraction of sp³-hybridized carbons (Fsp3) is 0.533. The van der Waals surface area contributed by atoms with Crippen molar-refractivity contribution >= 4 is 11.6 Å². The van der Waals surface area contributed by atoms with E-state index in [-0.39, 0.29) is 23.7 Å². The zero-order valence-corrected chi connectivity index (χ0v) is 12.7. The fourth-order valence-corrected chi connectivity index (χ4v) is 2.85.